The van der Waals surface area contributed by atoms with Crippen molar-refractivity contribution in [3.8, 4) is 0 Å². The summed E-state index contributed by atoms with van der Waals surface area (Å²) >= 11 is 0. The van der Waals surface area contributed by atoms with Crippen LogP contribution in [0.3, 0.4) is 0 Å². The minimum Gasteiger partial charge on any atom is -0.481 e. The predicted octanol–water partition coefficient (Wildman–Crippen LogP) is 0.706. The SMILES string of the molecule is CCN(CCC(=O)O)S(=O)(=O)c1cncc(F)c1. The van der Waals surface area contributed by atoms with Crippen LogP contribution in [0.15, 0.2) is 23.4 Å². The number of aromatic nitrogens is 1. The Morgan fingerprint density at radius 2 is 2.17 bits per heavy atom. The fourth-order valence-corrected chi connectivity index (χ4v) is 2.78. The van der Waals surface area contributed by atoms with E-state index < -0.39 is 21.8 Å². The number of hydrogen-bond donors (Lipinski definition) is 1. The average Bonchev–Trinajstić information content (AvgIpc) is 2.29. The maximum absolute atomic E-state index is 12.9. The summed E-state index contributed by atoms with van der Waals surface area (Å²) in [7, 11) is -3.90. The first-order valence-corrected chi connectivity index (χ1v) is 6.64. The van der Waals surface area contributed by atoms with Gasteiger partial charge < -0.3 is 5.11 Å². The molecule has 1 aromatic heterocycles. The molecule has 0 aliphatic heterocycles. The van der Waals surface area contributed by atoms with E-state index in [2.05, 4.69) is 4.98 Å². The summed E-state index contributed by atoms with van der Waals surface area (Å²) in [4.78, 5) is 13.6. The van der Waals surface area contributed by atoms with Crippen LogP contribution in [0.2, 0.25) is 0 Å². The van der Waals surface area contributed by atoms with Crippen LogP contribution in [0.5, 0.6) is 0 Å². The van der Waals surface area contributed by atoms with Crippen LogP contribution in [0.4, 0.5) is 4.39 Å². The van der Waals surface area contributed by atoms with Crippen LogP contribution in [-0.4, -0.2) is 41.9 Å². The smallest absolute Gasteiger partial charge is 0.304 e. The number of sulfonamides is 1. The van der Waals surface area contributed by atoms with Crippen LogP contribution in [-0.2, 0) is 14.8 Å². The minimum atomic E-state index is -3.90. The van der Waals surface area contributed by atoms with Crippen molar-refractivity contribution in [2.75, 3.05) is 13.1 Å². The van der Waals surface area contributed by atoms with Crippen LogP contribution in [0.1, 0.15) is 13.3 Å². The van der Waals surface area contributed by atoms with Gasteiger partial charge in [-0.15, -0.1) is 0 Å². The van der Waals surface area contributed by atoms with Gasteiger partial charge in [-0.3, -0.25) is 9.78 Å². The predicted molar refractivity (Wildman–Crippen MR) is 60.9 cm³/mol. The second kappa shape index (κ2) is 5.87. The first-order valence-electron chi connectivity index (χ1n) is 5.20. The van der Waals surface area contributed by atoms with Crippen molar-refractivity contribution in [3.05, 3.63) is 24.3 Å². The molecule has 0 bridgehead atoms. The highest BCUT2D eigenvalue weighted by atomic mass is 32.2. The summed E-state index contributed by atoms with van der Waals surface area (Å²) in [5, 5.41) is 8.54. The van der Waals surface area contributed by atoms with Crippen molar-refractivity contribution in [3.63, 3.8) is 0 Å². The molecule has 1 rings (SSSR count). The zero-order valence-electron chi connectivity index (χ0n) is 9.71. The quantitative estimate of drug-likeness (QED) is 0.826. The molecule has 6 nitrogen and oxygen atoms in total. The van der Waals surface area contributed by atoms with E-state index in [4.69, 9.17) is 5.11 Å². The Bertz CT molecular complexity index is 532. The number of rotatable bonds is 6. The number of hydrogen-bond acceptors (Lipinski definition) is 4. The third-order valence-corrected chi connectivity index (χ3v) is 4.18. The lowest BCUT2D eigenvalue weighted by Crippen LogP contribution is -2.33. The van der Waals surface area contributed by atoms with Crippen molar-refractivity contribution in [2.24, 2.45) is 0 Å². The lowest BCUT2D eigenvalue weighted by atomic mass is 10.4. The molecule has 1 aromatic rings. The number of carboxylic acids is 1. The molecule has 0 atom stereocenters. The van der Waals surface area contributed by atoms with E-state index in [1.165, 1.54) is 0 Å². The van der Waals surface area contributed by atoms with E-state index in [-0.39, 0.29) is 24.4 Å². The normalized spacial score (nSPS) is 11.7. The average molecular weight is 276 g/mol. The van der Waals surface area contributed by atoms with Crippen LogP contribution >= 0.6 is 0 Å². The summed E-state index contributed by atoms with van der Waals surface area (Å²) in [6.45, 7) is 1.52. The Balaban J connectivity index is 2.99. The zero-order chi connectivity index (χ0) is 13.8. The number of carboxylic acid groups (broad SMARTS) is 1. The van der Waals surface area contributed by atoms with Gasteiger partial charge >= 0.3 is 5.97 Å². The molecule has 0 radical (unpaired) electrons. The topological polar surface area (TPSA) is 87.6 Å². The minimum absolute atomic E-state index is 0.103. The van der Waals surface area contributed by atoms with Gasteiger partial charge in [-0.05, 0) is 6.07 Å². The van der Waals surface area contributed by atoms with Crippen LogP contribution in [0, 0.1) is 5.82 Å². The number of carbonyl (C=O) groups is 1. The van der Waals surface area contributed by atoms with Crippen molar-refractivity contribution in [2.45, 2.75) is 18.2 Å². The zero-order valence-corrected chi connectivity index (χ0v) is 10.5. The van der Waals surface area contributed by atoms with Gasteiger partial charge in [-0.2, -0.15) is 4.31 Å². The van der Waals surface area contributed by atoms with Gasteiger partial charge in [0.15, 0.2) is 0 Å². The van der Waals surface area contributed by atoms with Gasteiger partial charge in [0.1, 0.15) is 10.7 Å². The number of nitrogens with zero attached hydrogens (tertiary/aromatic N) is 2. The first-order chi connectivity index (χ1) is 8.37. The monoisotopic (exact) mass is 276 g/mol. The van der Waals surface area contributed by atoms with Gasteiger partial charge in [0.2, 0.25) is 10.0 Å². The van der Waals surface area contributed by atoms with E-state index in [1.807, 2.05) is 0 Å². The Labute approximate surface area is 104 Å². The highest BCUT2D eigenvalue weighted by Crippen LogP contribution is 2.15. The third-order valence-electron chi connectivity index (χ3n) is 2.25. The van der Waals surface area contributed by atoms with Crippen LogP contribution in [0.25, 0.3) is 0 Å². The van der Waals surface area contributed by atoms with E-state index in [0.29, 0.717) is 0 Å². The maximum atomic E-state index is 12.9. The molecule has 1 N–H and O–H groups in total. The molecule has 0 fully saturated rings. The van der Waals surface area contributed by atoms with Crippen LogP contribution < -0.4 is 0 Å². The summed E-state index contributed by atoms with van der Waals surface area (Å²) in [5.41, 5.74) is 0. The number of aliphatic carboxylic acids is 1. The molecule has 0 saturated carbocycles. The molecule has 0 unspecified atom stereocenters. The Morgan fingerprint density at radius 1 is 1.50 bits per heavy atom. The molecular weight excluding hydrogens is 263 g/mol. The second-order valence-corrected chi connectivity index (χ2v) is 5.42. The molecule has 0 aliphatic rings. The molecule has 0 aliphatic carbocycles. The summed E-state index contributed by atoms with van der Waals surface area (Å²) in [6.07, 6.45) is 1.62. The van der Waals surface area contributed by atoms with E-state index in [9.17, 15) is 17.6 Å². The second-order valence-electron chi connectivity index (χ2n) is 3.48. The Hall–Kier alpha value is -1.54. The maximum Gasteiger partial charge on any atom is 0.304 e. The van der Waals surface area contributed by atoms with Crippen molar-refractivity contribution in [1.82, 2.24) is 9.29 Å². The Morgan fingerprint density at radius 3 is 2.67 bits per heavy atom. The summed E-state index contributed by atoms with van der Waals surface area (Å²) in [5.74, 6) is -1.86. The van der Waals surface area contributed by atoms with Gasteiger partial charge in [-0.25, -0.2) is 12.8 Å². The first kappa shape index (κ1) is 14.5. The van der Waals surface area contributed by atoms with E-state index in [0.717, 1.165) is 22.8 Å². The van der Waals surface area contributed by atoms with Gasteiger partial charge in [0.25, 0.3) is 0 Å². The molecule has 0 spiro atoms. The molecule has 0 aromatic carbocycles. The van der Waals surface area contributed by atoms with E-state index in [1.54, 1.807) is 6.92 Å². The number of halogens is 1. The largest absolute Gasteiger partial charge is 0.481 e. The molecule has 100 valence electrons. The number of pyridine rings is 1. The standard InChI is InChI=1S/C10H13FN2O4S/c1-2-13(4-3-10(14)15)18(16,17)9-5-8(11)6-12-7-9/h5-7H,2-4H2,1H3,(H,14,15). The molecule has 1 heterocycles. The molecular formula is C10H13FN2O4S. The lowest BCUT2D eigenvalue weighted by Gasteiger charge is -2.19. The lowest BCUT2D eigenvalue weighted by molar-refractivity contribution is -0.137. The Kier molecular flexibility index (Phi) is 4.74. The summed E-state index contributed by atoms with van der Waals surface area (Å²) < 4.78 is 38.0. The fraction of sp³-hybridized carbons (Fsp3) is 0.400. The van der Waals surface area contributed by atoms with Gasteiger partial charge in [0.05, 0.1) is 12.6 Å². The highest BCUT2D eigenvalue weighted by molar-refractivity contribution is 7.89. The van der Waals surface area contributed by atoms with E-state index >= 15 is 0 Å². The molecule has 8 heteroatoms. The van der Waals surface area contributed by atoms with Crippen molar-refractivity contribution < 1.29 is 22.7 Å². The fourth-order valence-electron chi connectivity index (χ4n) is 1.35. The van der Waals surface area contributed by atoms with Gasteiger partial charge in [-0.1, -0.05) is 6.92 Å². The molecule has 0 amide bonds. The van der Waals surface area contributed by atoms with Gasteiger partial charge in [0, 0.05) is 19.3 Å². The van der Waals surface area contributed by atoms with Crippen molar-refractivity contribution in [1.29, 1.82) is 0 Å². The highest BCUT2D eigenvalue weighted by Gasteiger charge is 2.24. The molecule has 0 saturated heterocycles. The summed E-state index contributed by atoms with van der Waals surface area (Å²) in [6, 6.07) is 0.853. The molecule has 18 heavy (non-hydrogen) atoms. The van der Waals surface area contributed by atoms with Crippen molar-refractivity contribution >= 4 is 16.0 Å². The third kappa shape index (κ3) is 3.47.